The lowest BCUT2D eigenvalue weighted by Crippen LogP contribution is -2.26. The summed E-state index contributed by atoms with van der Waals surface area (Å²) in [5.41, 5.74) is 13.8. The summed E-state index contributed by atoms with van der Waals surface area (Å²) in [4.78, 5) is 0. The molecule has 2 nitrogen and oxygen atoms in total. The second-order valence-electron chi connectivity index (χ2n) is 15.6. The third-order valence-corrected chi connectivity index (χ3v) is 11.4. The van der Waals surface area contributed by atoms with Gasteiger partial charge in [0, 0.05) is 32.9 Å². The standard InChI is InChI=1S/C35H29N.C19H15N.C4H10.C2H6/c1-3-13-26-15-5-7-19-30(26)35(29-18-6-4-14-25(29)2)27-16-12-17-28(24-27)36-33-22-10-8-20-31(33)32-21-9-11-23-34(32)36;1-14-11-12-19-17(13-14)16-9-5-6-10-18(16)20(19)15-7-3-2-4-8-15;1-3-4-2;1-2/h4-12,14-24H,2-3,13H2,1H3;2-13H,1H3;3-4H2,1-2H3;1-2H3/b35-29-;;;. The van der Waals surface area contributed by atoms with Gasteiger partial charge in [-0.1, -0.05) is 206 Å². The Bertz CT molecular complexity index is 3110. The van der Waals surface area contributed by atoms with Crippen LogP contribution in [0.5, 0.6) is 0 Å². The Morgan fingerprint density at radius 3 is 1.55 bits per heavy atom. The number of aryl methyl sites for hydroxylation is 2. The summed E-state index contributed by atoms with van der Waals surface area (Å²) in [5, 5.41) is 7.42. The van der Waals surface area contributed by atoms with Crippen molar-refractivity contribution >= 4 is 55.8 Å². The van der Waals surface area contributed by atoms with Gasteiger partial charge in [0.1, 0.15) is 0 Å². The zero-order valence-electron chi connectivity index (χ0n) is 37.4. The second kappa shape index (κ2) is 20.6. The predicted octanol–water partition coefficient (Wildman–Crippen LogP) is 15.3. The third-order valence-electron chi connectivity index (χ3n) is 11.4. The first kappa shape index (κ1) is 43.2. The molecule has 0 radical (unpaired) electrons. The van der Waals surface area contributed by atoms with Crippen LogP contribution < -0.4 is 10.4 Å². The van der Waals surface area contributed by atoms with Crippen molar-refractivity contribution in [3.05, 3.63) is 227 Å². The molecule has 310 valence electrons. The van der Waals surface area contributed by atoms with Gasteiger partial charge in [0.05, 0.1) is 22.1 Å². The van der Waals surface area contributed by atoms with Crippen molar-refractivity contribution in [2.45, 2.75) is 67.2 Å². The summed E-state index contributed by atoms with van der Waals surface area (Å²) in [7, 11) is 0. The molecule has 0 aliphatic rings. The first-order chi connectivity index (χ1) is 30.5. The molecule has 62 heavy (non-hydrogen) atoms. The van der Waals surface area contributed by atoms with Crippen LogP contribution in [0.25, 0.3) is 67.1 Å². The molecule has 0 saturated carbocycles. The number of unbranched alkanes of at least 4 members (excludes halogenated alkanes) is 1. The van der Waals surface area contributed by atoms with Gasteiger partial charge in [-0.2, -0.15) is 0 Å². The van der Waals surface area contributed by atoms with E-state index >= 15 is 0 Å². The normalized spacial score (nSPS) is 11.3. The van der Waals surface area contributed by atoms with Gasteiger partial charge < -0.3 is 9.13 Å². The van der Waals surface area contributed by atoms with Gasteiger partial charge in [-0.15, -0.1) is 0 Å². The highest BCUT2D eigenvalue weighted by Gasteiger charge is 2.16. The summed E-state index contributed by atoms with van der Waals surface area (Å²) < 4.78 is 4.73. The molecule has 2 aromatic heterocycles. The number of para-hydroxylation sites is 4. The lowest BCUT2D eigenvalue weighted by Gasteiger charge is -2.16. The molecule has 0 bridgehead atoms. The fourth-order valence-electron chi connectivity index (χ4n) is 8.42. The van der Waals surface area contributed by atoms with Crippen molar-refractivity contribution in [3.8, 4) is 11.4 Å². The highest BCUT2D eigenvalue weighted by Crippen LogP contribution is 2.34. The number of fused-ring (bicyclic) bond motifs is 6. The Balaban J connectivity index is 0.000000186. The first-order valence-corrected chi connectivity index (χ1v) is 22.5. The highest BCUT2D eigenvalue weighted by atomic mass is 15.0. The Morgan fingerprint density at radius 2 is 0.935 bits per heavy atom. The highest BCUT2D eigenvalue weighted by molar-refractivity contribution is 6.10. The van der Waals surface area contributed by atoms with E-state index in [0.29, 0.717) is 0 Å². The lowest BCUT2D eigenvalue weighted by atomic mass is 9.90. The molecule has 10 rings (SSSR count). The van der Waals surface area contributed by atoms with E-state index in [4.69, 9.17) is 0 Å². The third kappa shape index (κ3) is 8.92. The maximum absolute atomic E-state index is 4.40. The lowest BCUT2D eigenvalue weighted by molar-refractivity contribution is 0.886. The number of hydrogen-bond donors (Lipinski definition) is 0. The van der Waals surface area contributed by atoms with Crippen LogP contribution in [0.3, 0.4) is 0 Å². The number of hydrogen-bond acceptors (Lipinski definition) is 0. The number of aromatic nitrogens is 2. The quantitative estimate of drug-likeness (QED) is 0.152. The van der Waals surface area contributed by atoms with E-state index in [0.717, 1.165) is 23.7 Å². The van der Waals surface area contributed by atoms with E-state index in [1.165, 1.54) is 95.2 Å². The van der Waals surface area contributed by atoms with Gasteiger partial charge >= 0.3 is 0 Å². The SMILES string of the molecule is C=c1cccc/c1=C(\c1cccc(-n2c3ccccc3c3ccccc32)c1)c1ccccc1CCC.CC.CCCC.Cc1ccc2c(c1)c1ccccc1n2-c1ccccc1. The molecule has 0 atom stereocenters. The number of benzene rings is 8. The Kier molecular flexibility index (Phi) is 14.3. The van der Waals surface area contributed by atoms with Crippen LogP contribution in [0, 0.1) is 6.92 Å². The van der Waals surface area contributed by atoms with Gasteiger partial charge in [0.2, 0.25) is 0 Å². The summed E-state index contributed by atoms with van der Waals surface area (Å²) in [6, 6.07) is 69.5. The minimum atomic E-state index is 1.04. The fraction of sp³-hybridized carbons (Fsp3) is 0.167. The van der Waals surface area contributed by atoms with Crippen molar-refractivity contribution in [2.24, 2.45) is 0 Å². The molecule has 0 fully saturated rings. The summed E-state index contributed by atoms with van der Waals surface area (Å²) in [5.74, 6) is 0. The van der Waals surface area contributed by atoms with Crippen molar-refractivity contribution < 1.29 is 0 Å². The molecule has 0 amide bonds. The molecule has 0 spiro atoms. The molecule has 10 aromatic rings. The molecule has 0 unspecified atom stereocenters. The molecule has 2 heterocycles. The maximum Gasteiger partial charge on any atom is 0.0541 e. The smallest absolute Gasteiger partial charge is 0.0541 e. The van der Waals surface area contributed by atoms with E-state index in [1.807, 2.05) is 13.8 Å². The molecule has 2 heteroatoms. The van der Waals surface area contributed by atoms with E-state index in [9.17, 15) is 0 Å². The van der Waals surface area contributed by atoms with Gasteiger partial charge in [0.15, 0.2) is 0 Å². The minimum Gasteiger partial charge on any atom is -0.309 e. The topological polar surface area (TPSA) is 9.86 Å². The second-order valence-corrected chi connectivity index (χ2v) is 15.6. The zero-order chi connectivity index (χ0) is 43.4. The van der Waals surface area contributed by atoms with Gasteiger partial charge in [-0.3, -0.25) is 0 Å². The molecule has 0 aliphatic carbocycles. The summed E-state index contributed by atoms with van der Waals surface area (Å²) >= 11 is 0. The monoisotopic (exact) mass is 808 g/mol. The Labute approximate surface area is 368 Å². The summed E-state index contributed by atoms with van der Waals surface area (Å²) in [6.45, 7) is 17.1. The summed E-state index contributed by atoms with van der Waals surface area (Å²) in [6.07, 6.45) is 4.79. The number of rotatable bonds is 7. The molecular formula is C60H60N2. The zero-order valence-corrected chi connectivity index (χ0v) is 37.4. The molecular weight excluding hydrogens is 749 g/mol. The van der Waals surface area contributed by atoms with Crippen LogP contribution in [0.15, 0.2) is 194 Å². The van der Waals surface area contributed by atoms with Crippen molar-refractivity contribution in [2.75, 3.05) is 0 Å². The first-order valence-electron chi connectivity index (χ1n) is 22.5. The van der Waals surface area contributed by atoms with Crippen molar-refractivity contribution in [1.29, 1.82) is 0 Å². The van der Waals surface area contributed by atoms with Crippen LogP contribution in [0.4, 0.5) is 0 Å². The maximum atomic E-state index is 4.40. The minimum absolute atomic E-state index is 1.04. The molecule has 0 aliphatic heterocycles. The van der Waals surface area contributed by atoms with E-state index in [2.05, 4.69) is 238 Å². The van der Waals surface area contributed by atoms with E-state index < -0.39 is 0 Å². The van der Waals surface area contributed by atoms with Gasteiger partial charge in [0.25, 0.3) is 0 Å². The fourth-order valence-corrected chi connectivity index (χ4v) is 8.42. The van der Waals surface area contributed by atoms with Gasteiger partial charge in [-0.05, 0) is 101 Å². The Morgan fingerprint density at radius 1 is 0.435 bits per heavy atom. The average molecular weight is 809 g/mol. The van der Waals surface area contributed by atoms with Crippen molar-refractivity contribution in [3.63, 3.8) is 0 Å². The average Bonchev–Trinajstić information content (AvgIpc) is 3.84. The molecule has 0 saturated heterocycles. The van der Waals surface area contributed by atoms with Crippen LogP contribution >= 0.6 is 0 Å². The van der Waals surface area contributed by atoms with Crippen molar-refractivity contribution in [1.82, 2.24) is 9.13 Å². The van der Waals surface area contributed by atoms with Crippen LogP contribution in [0.1, 0.15) is 76.1 Å². The largest absolute Gasteiger partial charge is 0.309 e. The van der Waals surface area contributed by atoms with Crippen LogP contribution in [-0.2, 0) is 6.42 Å². The van der Waals surface area contributed by atoms with Gasteiger partial charge in [-0.25, -0.2) is 0 Å². The predicted molar refractivity (Wildman–Crippen MR) is 271 cm³/mol. The van der Waals surface area contributed by atoms with E-state index in [1.54, 1.807) is 0 Å². The van der Waals surface area contributed by atoms with E-state index in [-0.39, 0.29) is 0 Å². The molecule has 8 aromatic carbocycles. The van der Waals surface area contributed by atoms with Crippen LogP contribution in [-0.4, -0.2) is 9.13 Å². The number of nitrogens with zero attached hydrogens (tertiary/aromatic N) is 2. The Hall–Kier alpha value is -6.90. The van der Waals surface area contributed by atoms with Crippen LogP contribution in [0.2, 0.25) is 0 Å². The molecule has 0 N–H and O–H groups in total.